The van der Waals surface area contributed by atoms with Crippen molar-refractivity contribution in [2.45, 2.75) is 18.8 Å². The minimum Gasteiger partial charge on any atom is -0.269 e. The molecule has 0 N–H and O–H groups in total. The summed E-state index contributed by atoms with van der Waals surface area (Å²) in [6.45, 7) is 3.33. The molecule has 1 aliphatic rings. The van der Waals surface area contributed by atoms with E-state index in [1.807, 2.05) is 24.3 Å². The van der Waals surface area contributed by atoms with Gasteiger partial charge in [-0.2, -0.15) is 8.42 Å². The lowest BCUT2D eigenvalue weighted by molar-refractivity contribution is -0.354. The molecule has 0 spiro atoms. The molecule has 0 aliphatic heterocycles. The molecule has 1 aromatic carbocycles. The molecule has 0 aromatic heterocycles. The van der Waals surface area contributed by atoms with E-state index < -0.39 is 10.1 Å². The Bertz CT molecular complexity index is 575. The Morgan fingerprint density at radius 1 is 1.39 bits per heavy atom. The molecule has 1 aromatic rings. The SMILES string of the molecule is C=[O+]c1ccc(C2CCC2=NOS(C)(=O)=O)cc1. The molecular weight excluding hydrogens is 254 g/mol. The predicted molar refractivity (Wildman–Crippen MR) is 68.3 cm³/mol. The quantitative estimate of drug-likeness (QED) is 0.619. The molecule has 1 unspecified atom stereocenters. The summed E-state index contributed by atoms with van der Waals surface area (Å²) in [7, 11) is -3.53. The number of hydrogen-bond acceptors (Lipinski definition) is 4. The monoisotopic (exact) mass is 268 g/mol. The van der Waals surface area contributed by atoms with Gasteiger partial charge in [0.2, 0.25) is 0 Å². The lowest BCUT2D eigenvalue weighted by atomic mass is 9.78. The fraction of sp³-hybridized carbons (Fsp3) is 0.333. The van der Waals surface area contributed by atoms with E-state index in [9.17, 15) is 8.42 Å². The van der Waals surface area contributed by atoms with Crippen LogP contribution in [0.25, 0.3) is 0 Å². The number of benzene rings is 1. The van der Waals surface area contributed by atoms with Crippen LogP contribution in [0.2, 0.25) is 0 Å². The number of oxime groups is 1. The zero-order chi connectivity index (χ0) is 13.2. The first-order chi connectivity index (χ1) is 8.49. The van der Waals surface area contributed by atoms with Gasteiger partial charge < -0.3 is 0 Å². The Kier molecular flexibility index (Phi) is 3.47. The highest BCUT2D eigenvalue weighted by atomic mass is 32.2. The molecule has 1 aliphatic carbocycles. The predicted octanol–water partition coefficient (Wildman–Crippen LogP) is 1.97. The maximum absolute atomic E-state index is 10.8. The highest BCUT2D eigenvalue weighted by Gasteiger charge is 2.29. The van der Waals surface area contributed by atoms with E-state index in [0.717, 1.165) is 30.4 Å². The second kappa shape index (κ2) is 4.89. The Morgan fingerprint density at radius 2 is 2.06 bits per heavy atom. The van der Waals surface area contributed by atoms with Crippen LogP contribution in [0, 0.1) is 0 Å². The fourth-order valence-corrected chi connectivity index (χ4v) is 2.03. The van der Waals surface area contributed by atoms with Crippen LogP contribution in [-0.2, 0) is 18.8 Å². The zero-order valence-corrected chi connectivity index (χ0v) is 10.8. The van der Waals surface area contributed by atoms with Crippen LogP contribution in [0.4, 0.5) is 0 Å². The van der Waals surface area contributed by atoms with Gasteiger partial charge in [-0.3, -0.25) is 4.28 Å². The smallest absolute Gasteiger partial charge is 0.269 e. The van der Waals surface area contributed by atoms with Crippen molar-refractivity contribution < 1.29 is 17.1 Å². The molecule has 1 fully saturated rings. The van der Waals surface area contributed by atoms with Crippen molar-refractivity contribution in [3.63, 3.8) is 0 Å². The first-order valence-corrected chi connectivity index (χ1v) is 7.28. The Hall–Kier alpha value is -1.69. The van der Waals surface area contributed by atoms with Crippen LogP contribution in [-0.4, -0.2) is 27.2 Å². The third-order valence-electron chi connectivity index (χ3n) is 2.83. The van der Waals surface area contributed by atoms with Crippen molar-refractivity contribution in [1.82, 2.24) is 0 Å². The Labute approximate surface area is 106 Å². The summed E-state index contributed by atoms with van der Waals surface area (Å²) in [6, 6.07) is 7.46. The third-order valence-corrected chi connectivity index (χ3v) is 3.18. The van der Waals surface area contributed by atoms with E-state index in [2.05, 4.69) is 16.2 Å². The van der Waals surface area contributed by atoms with E-state index in [0.29, 0.717) is 5.75 Å². The average Bonchev–Trinajstić information content (AvgIpc) is 2.27. The van der Waals surface area contributed by atoms with Gasteiger partial charge in [-0.15, -0.1) is 0 Å². The van der Waals surface area contributed by atoms with Crippen LogP contribution in [0.15, 0.2) is 29.4 Å². The summed E-state index contributed by atoms with van der Waals surface area (Å²) in [5.74, 6) is 0.814. The van der Waals surface area contributed by atoms with Gasteiger partial charge in [-0.1, -0.05) is 5.16 Å². The molecule has 5 nitrogen and oxygen atoms in total. The lowest BCUT2D eigenvalue weighted by Gasteiger charge is -2.27. The second-order valence-electron chi connectivity index (χ2n) is 4.17. The normalized spacial score (nSPS) is 21.4. The molecule has 1 atom stereocenters. The van der Waals surface area contributed by atoms with Crippen molar-refractivity contribution in [2.75, 3.05) is 6.26 Å². The maximum atomic E-state index is 10.8. The van der Waals surface area contributed by atoms with Gasteiger partial charge in [0.25, 0.3) is 6.79 Å². The number of hydrogen-bond donors (Lipinski definition) is 0. The van der Waals surface area contributed by atoms with Gasteiger partial charge in [0, 0.05) is 18.1 Å². The van der Waals surface area contributed by atoms with E-state index in [-0.39, 0.29) is 5.92 Å². The van der Waals surface area contributed by atoms with Crippen molar-refractivity contribution >= 4 is 22.6 Å². The molecular formula is C12H14NO4S+. The topological polar surface area (TPSA) is 67.0 Å². The van der Waals surface area contributed by atoms with Gasteiger partial charge in [-0.25, -0.2) is 4.42 Å². The summed E-state index contributed by atoms with van der Waals surface area (Å²) >= 11 is 0. The molecule has 0 bridgehead atoms. The van der Waals surface area contributed by atoms with Crippen LogP contribution < -0.4 is 0 Å². The first-order valence-electron chi connectivity index (χ1n) is 5.47. The van der Waals surface area contributed by atoms with E-state index >= 15 is 0 Å². The fourth-order valence-electron chi connectivity index (χ4n) is 1.80. The third kappa shape index (κ3) is 2.95. The molecule has 2 rings (SSSR count). The van der Waals surface area contributed by atoms with Crippen LogP contribution in [0.5, 0.6) is 5.75 Å². The molecule has 0 heterocycles. The summed E-state index contributed by atoms with van der Waals surface area (Å²) in [5.41, 5.74) is 1.82. The minimum atomic E-state index is -3.53. The van der Waals surface area contributed by atoms with E-state index in [1.165, 1.54) is 0 Å². The number of carbonyl (C=O) groups excluding carboxylic acids is 1. The van der Waals surface area contributed by atoms with Crippen molar-refractivity contribution in [1.29, 1.82) is 0 Å². The molecule has 1 saturated carbocycles. The summed E-state index contributed by atoms with van der Waals surface area (Å²) < 4.78 is 31.0. The van der Waals surface area contributed by atoms with Crippen molar-refractivity contribution in [2.24, 2.45) is 5.16 Å². The molecule has 96 valence electrons. The summed E-state index contributed by atoms with van der Waals surface area (Å²) in [5, 5.41) is 3.69. The highest BCUT2D eigenvalue weighted by molar-refractivity contribution is 7.85. The maximum Gasteiger partial charge on any atom is 0.351 e. The molecule has 0 radical (unpaired) electrons. The Morgan fingerprint density at radius 3 is 2.50 bits per heavy atom. The zero-order valence-electron chi connectivity index (χ0n) is 10.00. The van der Waals surface area contributed by atoms with E-state index in [1.54, 1.807) is 0 Å². The van der Waals surface area contributed by atoms with Gasteiger partial charge in [0.1, 0.15) is 0 Å². The van der Waals surface area contributed by atoms with Crippen molar-refractivity contribution in [3.05, 3.63) is 29.8 Å². The molecule has 0 saturated heterocycles. The number of rotatable bonds is 4. The summed E-state index contributed by atoms with van der Waals surface area (Å²) in [6.07, 6.45) is 2.68. The van der Waals surface area contributed by atoms with Gasteiger partial charge in [0.15, 0.2) is 0 Å². The van der Waals surface area contributed by atoms with Gasteiger partial charge in [-0.05, 0) is 30.5 Å². The Balaban J connectivity index is 2.12. The lowest BCUT2D eigenvalue weighted by Crippen LogP contribution is -2.24. The number of nitrogens with zero attached hydrogens (tertiary/aromatic N) is 1. The second-order valence-corrected chi connectivity index (χ2v) is 5.72. The molecule has 6 heteroatoms. The molecule has 0 amide bonds. The first kappa shape index (κ1) is 12.8. The van der Waals surface area contributed by atoms with E-state index in [4.69, 9.17) is 4.42 Å². The van der Waals surface area contributed by atoms with Crippen LogP contribution in [0.3, 0.4) is 0 Å². The largest absolute Gasteiger partial charge is 0.351 e. The summed E-state index contributed by atoms with van der Waals surface area (Å²) in [4.78, 5) is 0. The minimum absolute atomic E-state index is 0.130. The standard InChI is InChI=1S/C12H14NO4S/c1-16-10-5-3-9(4-6-10)11-7-8-12(11)13-17-18(2,14)15/h3-6,11H,1,7-8H2,2H3/q+1. The van der Waals surface area contributed by atoms with Crippen LogP contribution in [0.1, 0.15) is 24.3 Å². The van der Waals surface area contributed by atoms with Gasteiger partial charge in [0.05, 0.1) is 12.0 Å². The highest BCUT2D eigenvalue weighted by Crippen LogP contribution is 2.35. The van der Waals surface area contributed by atoms with Crippen molar-refractivity contribution in [3.8, 4) is 5.75 Å². The molecule has 18 heavy (non-hydrogen) atoms. The van der Waals surface area contributed by atoms with Gasteiger partial charge >= 0.3 is 15.9 Å². The average molecular weight is 268 g/mol. The van der Waals surface area contributed by atoms with Crippen LogP contribution >= 0.6 is 0 Å².